The van der Waals surface area contributed by atoms with Crippen molar-refractivity contribution in [2.75, 3.05) is 5.33 Å². The summed E-state index contributed by atoms with van der Waals surface area (Å²) in [7, 11) is 0. The number of halogens is 1. The Morgan fingerprint density at radius 2 is 2.08 bits per heavy atom. The zero-order valence-electron chi connectivity index (χ0n) is 6.76. The van der Waals surface area contributed by atoms with Crippen LogP contribution in [-0.2, 0) is 0 Å². The van der Waals surface area contributed by atoms with Gasteiger partial charge in [0.2, 0.25) is 0 Å². The molecule has 0 fully saturated rings. The summed E-state index contributed by atoms with van der Waals surface area (Å²) in [5.74, 6) is -0.0293. The normalized spacial score (nSPS) is 15.3. The average molecular weight is 248 g/mol. The number of nitrogens with zero attached hydrogens (tertiary/aromatic N) is 1. The van der Waals surface area contributed by atoms with Crippen molar-refractivity contribution in [2.24, 2.45) is 0 Å². The van der Waals surface area contributed by atoms with Crippen LogP contribution in [0.25, 0.3) is 0 Å². The van der Waals surface area contributed by atoms with Gasteiger partial charge in [-0.25, -0.2) is 0 Å². The van der Waals surface area contributed by atoms with Crippen molar-refractivity contribution in [1.29, 1.82) is 0 Å². The SMILES string of the molecule is Oc1cncc(C(O)C(O)CBr)c1. The lowest BCUT2D eigenvalue weighted by atomic mass is 10.1. The van der Waals surface area contributed by atoms with E-state index < -0.39 is 12.2 Å². The highest BCUT2D eigenvalue weighted by Crippen LogP contribution is 2.20. The molecule has 0 radical (unpaired) electrons. The number of alkyl halides is 1. The molecule has 0 aliphatic carbocycles. The Hall–Kier alpha value is -0.650. The summed E-state index contributed by atoms with van der Waals surface area (Å²) in [6.45, 7) is 0. The Kier molecular flexibility index (Phi) is 3.65. The first-order chi connectivity index (χ1) is 6.15. The molecule has 1 rings (SSSR count). The molecule has 72 valence electrons. The average Bonchev–Trinajstić information content (AvgIpc) is 2.15. The fraction of sp³-hybridized carbons (Fsp3) is 0.375. The van der Waals surface area contributed by atoms with E-state index in [9.17, 15) is 10.2 Å². The lowest BCUT2D eigenvalue weighted by Crippen LogP contribution is -2.19. The number of hydrogen-bond acceptors (Lipinski definition) is 4. The molecular weight excluding hydrogens is 238 g/mol. The monoisotopic (exact) mass is 247 g/mol. The van der Waals surface area contributed by atoms with Gasteiger partial charge in [0.1, 0.15) is 11.9 Å². The van der Waals surface area contributed by atoms with Gasteiger partial charge in [-0.3, -0.25) is 4.98 Å². The van der Waals surface area contributed by atoms with Crippen LogP contribution in [0.5, 0.6) is 5.75 Å². The molecule has 3 N–H and O–H groups in total. The minimum atomic E-state index is -1.03. The summed E-state index contributed by atoms with van der Waals surface area (Å²) >= 11 is 3.04. The topological polar surface area (TPSA) is 73.6 Å². The molecule has 0 aliphatic rings. The summed E-state index contributed by atoms with van der Waals surface area (Å²) in [6, 6.07) is 1.36. The minimum absolute atomic E-state index is 0.0293. The van der Waals surface area contributed by atoms with Gasteiger partial charge in [-0.05, 0) is 6.07 Å². The van der Waals surface area contributed by atoms with Gasteiger partial charge in [-0.2, -0.15) is 0 Å². The van der Waals surface area contributed by atoms with Crippen molar-refractivity contribution < 1.29 is 15.3 Å². The third kappa shape index (κ3) is 2.65. The minimum Gasteiger partial charge on any atom is -0.506 e. The van der Waals surface area contributed by atoms with Crippen LogP contribution in [0, 0.1) is 0 Å². The van der Waals surface area contributed by atoms with Crippen LogP contribution in [0.3, 0.4) is 0 Å². The molecule has 0 amide bonds. The summed E-state index contributed by atoms with van der Waals surface area (Å²) in [6.07, 6.45) is 0.732. The van der Waals surface area contributed by atoms with Gasteiger partial charge in [0.15, 0.2) is 0 Å². The van der Waals surface area contributed by atoms with E-state index in [4.69, 9.17) is 5.11 Å². The van der Waals surface area contributed by atoms with Crippen LogP contribution >= 0.6 is 15.9 Å². The Morgan fingerprint density at radius 3 is 2.62 bits per heavy atom. The zero-order chi connectivity index (χ0) is 9.84. The highest BCUT2D eigenvalue weighted by Gasteiger charge is 2.17. The van der Waals surface area contributed by atoms with Crippen LogP contribution in [-0.4, -0.2) is 31.7 Å². The van der Waals surface area contributed by atoms with E-state index in [0.717, 1.165) is 0 Å². The molecule has 2 unspecified atom stereocenters. The maximum absolute atomic E-state index is 9.48. The zero-order valence-corrected chi connectivity index (χ0v) is 8.35. The first-order valence-electron chi connectivity index (χ1n) is 3.71. The molecule has 1 aromatic heterocycles. The maximum atomic E-state index is 9.48. The Morgan fingerprint density at radius 1 is 1.38 bits per heavy atom. The maximum Gasteiger partial charge on any atom is 0.134 e. The fourth-order valence-electron chi connectivity index (χ4n) is 0.913. The first-order valence-corrected chi connectivity index (χ1v) is 4.83. The number of aromatic nitrogens is 1. The molecule has 0 aliphatic heterocycles. The van der Waals surface area contributed by atoms with Crippen molar-refractivity contribution in [1.82, 2.24) is 4.98 Å². The van der Waals surface area contributed by atoms with Crippen LogP contribution < -0.4 is 0 Å². The van der Waals surface area contributed by atoms with Gasteiger partial charge in [0.25, 0.3) is 0 Å². The molecule has 0 spiro atoms. The number of aromatic hydroxyl groups is 1. The second kappa shape index (κ2) is 4.55. The van der Waals surface area contributed by atoms with E-state index in [0.29, 0.717) is 5.56 Å². The molecule has 0 bridgehead atoms. The van der Waals surface area contributed by atoms with Crippen molar-refractivity contribution in [3.63, 3.8) is 0 Å². The number of aliphatic hydroxyl groups excluding tert-OH is 2. The predicted molar refractivity (Wildman–Crippen MR) is 50.7 cm³/mol. The highest BCUT2D eigenvalue weighted by atomic mass is 79.9. The summed E-state index contributed by atoms with van der Waals surface area (Å²) in [5.41, 5.74) is 0.395. The Bertz CT molecular complexity index is 282. The van der Waals surface area contributed by atoms with Crippen molar-refractivity contribution in [2.45, 2.75) is 12.2 Å². The number of aliphatic hydroxyl groups is 2. The van der Waals surface area contributed by atoms with E-state index in [2.05, 4.69) is 20.9 Å². The number of hydrogen-bond donors (Lipinski definition) is 3. The smallest absolute Gasteiger partial charge is 0.134 e. The van der Waals surface area contributed by atoms with Crippen molar-refractivity contribution in [3.8, 4) is 5.75 Å². The molecule has 4 nitrogen and oxygen atoms in total. The van der Waals surface area contributed by atoms with E-state index in [1.807, 2.05) is 0 Å². The van der Waals surface area contributed by atoms with Crippen molar-refractivity contribution >= 4 is 15.9 Å². The van der Waals surface area contributed by atoms with Gasteiger partial charge in [-0.15, -0.1) is 0 Å². The fourth-order valence-corrected chi connectivity index (χ4v) is 1.27. The first kappa shape index (κ1) is 10.4. The predicted octanol–water partition coefficient (Wildman–Crippen LogP) is 0.576. The molecule has 0 saturated carbocycles. The second-order valence-corrected chi connectivity index (χ2v) is 3.29. The highest BCUT2D eigenvalue weighted by molar-refractivity contribution is 9.09. The Balaban J connectivity index is 2.82. The molecule has 5 heteroatoms. The lowest BCUT2D eigenvalue weighted by molar-refractivity contribution is 0.0339. The second-order valence-electron chi connectivity index (χ2n) is 2.64. The molecule has 0 saturated heterocycles. The van der Waals surface area contributed by atoms with Crippen LogP contribution in [0.1, 0.15) is 11.7 Å². The van der Waals surface area contributed by atoms with Gasteiger partial charge >= 0.3 is 0 Å². The van der Waals surface area contributed by atoms with Gasteiger partial charge in [0.05, 0.1) is 12.3 Å². The number of pyridine rings is 1. The molecule has 13 heavy (non-hydrogen) atoms. The van der Waals surface area contributed by atoms with Crippen LogP contribution in [0.15, 0.2) is 18.5 Å². The summed E-state index contributed by atoms with van der Waals surface area (Å²) in [4.78, 5) is 3.69. The van der Waals surface area contributed by atoms with Crippen LogP contribution in [0.4, 0.5) is 0 Å². The van der Waals surface area contributed by atoms with E-state index >= 15 is 0 Å². The number of rotatable bonds is 3. The standard InChI is InChI=1S/C8H10BrNO3/c9-2-7(12)8(13)5-1-6(11)4-10-3-5/h1,3-4,7-8,11-13H,2H2. The van der Waals surface area contributed by atoms with Crippen LogP contribution in [0.2, 0.25) is 0 Å². The Labute approximate surface area is 84.0 Å². The molecule has 2 atom stereocenters. The molecule has 1 heterocycles. The van der Waals surface area contributed by atoms with E-state index in [1.54, 1.807) is 0 Å². The quantitative estimate of drug-likeness (QED) is 0.684. The van der Waals surface area contributed by atoms with Gasteiger partial charge < -0.3 is 15.3 Å². The van der Waals surface area contributed by atoms with Crippen molar-refractivity contribution in [3.05, 3.63) is 24.0 Å². The molecular formula is C8H10BrNO3. The van der Waals surface area contributed by atoms with Gasteiger partial charge in [-0.1, -0.05) is 15.9 Å². The molecule has 1 aromatic rings. The van der Waals surface area contributed by atoms with Gasteiger partial charge in [0, 0.05) is 17.1 Å². The van der Waals surface area contributed by atoms with E-state index in [1.165, 1.54) is 18.5 Å². The summed E-state index contributed by atoms with van der Waals surface area (Å²) < 4.78 is 0. The third-order valence-corrected chi connectivity index (χ3v) is 2.27. The largest absolute Gasteiger partial charge is 0.506 e. The van der Waals surface area contributed by atoms with E-state index in [-0.39, 0.29) is 11.1 Å². The molecule has 0 aromatic carbocycles. The third-order valence-electron chi connectivity index (χ3n) is 1.61. The summed E-state index contributed by atoms with van der Waals surface area (Å²) in [5, 5.41) is 28.1. The lowest BCUT2D eigenvalue weighted by Gasteiger charge is -2.15.